The Bertz CT molecular complexity index is 770. The van der Waals surface area contributed by atoms with Gasteiger partial charge in [-0.2, -0.15) is 0 Å². The number of anilines is 1. The number of likely N-dealkylation sites (tertiary alicyclic amines) is 1. The molecule has 0 spiro atoms. The van der Waals surface area contributed by atoms with Gasteiger partial charge in [-0.15, -0.1) is 0 Å². The van der Waals surface area contributed by atoms with Gasteiger partial charge in [-0.1, -0.05) is 12.1 Å². The first kappa shape index (κ1) is 17.8. The van der Waals surface area contributed by atoms with Crippen LogP contribution in [-0.2, 0) is 0 Å². The second kappa shape index (κ2) is 7.51. The normalized spacial score (nSPS) is 15.8. The largest absolute Gasteiger partial charge is 0.493 e. The molecule has 7 heteroatoms. The lowest BCUT2D eigenvalue weighted by atomic mass is 9.95. The van der Waals surface area contributed by atoms with Gasteiger partial charge in [0.15, 0.2) is 11.5 Å². The molecule has 1 heterocycles. The van der Waals surface area contributed by atoms with E-state index < -0.39 is 0 Å². The summed E-state index contributed by atoms with van der Waals surface area (Å²) >= 11 is 0. The Balaban J connectivity index is 1.76. The molecule has 0 unspecified atom stereocenters. The molecule has 0 bridgehead atoms. The van der Waals surface area contributed by atoms with Gasteiger partial charge in [-0.25, -0.2) is 9.18 Å². The van der Waals surface area contributed by atoms with Gasteiger partial charge < -0.3 is 24.4 Å². The smallest absolute Gasteiger partial charge is 0.322 e. The Morgan fingerprint density at radius 1 is 1.08 bits per heavy atom. The number of nitrogens with one attached hydrogen (secondary N) is 1. The van der Waals surface area contributed by atoms with Crippen LogP contribution in [0.3, 0.4) is 0 Å². The zero-order valence-corrected chi connectivity index (χ0v) is 14.9. The SMILES string of the molecule is COc1cc(NC(=O)N2CC[C@@H]2c2ccc(F)cc2)cc(OC)c1OC. The monoisotopic (exact) mass is 360 g/mol. The predicted molar refractivity (Wildman–Crippen MR) is 95.6 cm³/mol. The maximum Gasteiger partial charge on any atom is 0.322 e. The Hall–Kier alpha value is -2.96. The fourth-order valence-corrected chi connectivity index (χ4v) is 3.01. The van der Waals surface area contributed by atoms with Gasteiger partial charge in [0.25, 0.3) is 0 Å². The summed E-state index contributed by atoms with van der Waals surface area (Å²) in [6.07, 6.45) is 0.842. The van der Waals surface area contributed by atoms with Crippen LogP contribution in [0, 0.1) is 5.82 Å². The number of methoxy groups -OCH3 is 3. The maximum atomic E-state index is 13.1. The van der Waals surface area contributed by atoms with E-state index in [4.69, 9.17) is 14.2 Å². The van der Waals surface area contributed by atoms with Crippen LogP contribution < -0.4 is 19.5 Å². The molecule has 1 aliphatic heterocycles. The van der Waals surface area contributed by atoms with Crippen molar-refractivity contribution in [3.8, 4) is 17.2 Å². The molecular weight excluding hydrogens is 339 g/mol. The summed E-state index contributed by atoms with van der Waals surface area (Å²) in [6, 6.07) is 9.28. The number of halogens is 1. The summed E-state index contributed by atoms with van der Waals surface area (Å²) in [5.74, 6) is 1.09. The van der Waals surface area contributed by atoms with Crippen LogP contribution in [0.2, 0.25) is 0 Å². The number of ether oxygens (including phenoxy) is 3. The van der Waals surface area contributed by atoms with Crippen LogP contribution in [0.15, 0.2) is 36.4 Å². The summed E-state index contributed by atoms with van der Waals surface area (Å²) in [7, 11) is 4.55. The second-order valence-corrected chi connectivity index (χ2v) is 5.89. The van der Waals surface area contributed by atoms with E-state index in [1.807, 2.05) is 0 Å². The van der Waals surface area contributed by atoms with E-state index in [2.05, 4.69) is 5.32 Å². The third-order valence-corrected chi connectivity index (χ3v) is 4.45. The van der Waals surface area contributed by atoms with Crippen molar-refractivity contribution < 1.29 is 23.4 Å². The first-order chi connectivity index (χ1) is 12.6. The lowest BCUT2D eigenvalue weighted by molar-refractivity contribution is 0.126. The molecule has 0 aromatic heterocycles. The van der Waals surface area contributed by atoms with Crippen molar-refractivity contribution in [3.63, 3.8) is 0 Å². The van der Waals surface area contributed by atoms with Crippen molar-refractivity contribution in [1.29, 1.82) is 0 Å². The van der Waals surface area contributed by atoms with Gasteiger partial charge in [0, 0.05) is 18.7 Å². The number of benzene rings is 2. The molecule has 6 nitrogen and oxygen atoms in total. The molecule has 1 atom stereocenters. The Morgan fingerprint density at radius 3 is 2.15 bits per heavy atom. The topological polar surface area (TPSA) is 60.0 Å². The number of nitrogens with zero attached hydrogens (tertiary/aromatic N) is 1. The average Bonchev–Trinajstić information content (AvgIpc) is 2.61. The molecule has 1 aliphatic rings. The van der Waals surface area contributed by atoms with E-state index in [0.29, 0.717) is 29.5 Å². The molecule has 1 fully saturated rings. The van der Waals surface area contributed by atoms with Crippen molar-refractivity contribution in [2.24, 2.45) is 0 Å². The first-order valence-corrected chi connectivity index (χ1v) is 8.20. The third kappa shape index (κ3) is 3.37. The van der Waals surface area contributed by atoms with Gasteiger partial charge >= 0.3 is 6.03 Å². The first-order valence-electron chi connectivity index (χ1n) is 8.20. The third-order valence-electron chi connectivity index (χ3n) is 4.45. The van der Waals surface area contributed by atoms with Gasteiger partial charge in [-0.05, 0) is 24.1 Å². The highest BCUT2D eigenvalue weighted by Crippen LogP contribution is 2.40. The van der Waals surface area contributed by atoms with E-state index in [0.717, 1.165) is 12.0 Å². The van der Waals surface area contributed by atoms with Crippen LogP contribution in [0.25, 0.3) is 0 Å². The molecule has 3 rings (SSSR count). The minimum absolute atomic E-state index is 0.0577. The number of rotatable bonds is 5. The summed E-state index contributed by atoms with van der Waals surface area (Å²) < 4.78 is 29.0. The zero-order chi connectivity index (χ0) is 18.7. The Morgan fingerprint density at radius 2 is 1.69 bits per heavy atom. The minimum atomic E-state index is -0.290. The van der Waals surface area contributed by atoms with Crippen molar-refractivity contribution >= 4 is 11.7 Å². The molecule has 1 saturated heterocycles. The quantitative estimate of drug-likeness (QED) is 0.880. The number of amides is 2. The van der Waals surface area contributed by atoms with Crippen molar-refractivity contribution in [2.45, 2.75) is 12.5 Å². The molecule has 2 aromatic rings. The molecule has 0 aliphatic carbocycles. The van der Waals surface area contributed by atoms with Crippen molar-refractivity contribution in [3.05, 3.63) is 47.8 Å². The summed E-state index contributed by atoms with van der Waals surface area (Å²) in [5, 5.41) is 2.85. The minimum Gasteiger partial charge on any atom is -0.493 e. The van der Waals surface area contributed by atoms with Crippen molar-refractivity contribution in [2.75, 3.05) is 33.2 Å². The van der Waals surface area contributed by atoms with E-state index in [9.17, 15) is 9.18 Å². The van der Waals surface area contributed by atoms with Crippen molar-refractivity contribution in [1.82, 2.24) is 4.90 Å². The number of hydrogen-bond acceptors (Lipinski definition) is 4. The summed E-state index contributed by atoms with van der Waals surface area (Å²) in [6.45, 7) is 0.637. The number of hydrogen-bond donors (Lipinski definition) is 1. The highest BCUT2D eigenvalue weighted by atomic mass is 19.1. The van der Waals surface area contributed by atoms with E-state index in [1.165, 1.54) is 33.5 Å². The van der Waals surface area contributed by atoms with E-state index in [-0.39, 0.29) is 17.9 Å². The van der Waals surface area contributed by atoms with Gasteiger partial charge in [0.2, 0.25) is 5.75 Å². The fraction of sp³-hybridized carbons (Fsp3) is 0.316. The van der Waals surface area contributed by atoms with Crippen LogP contribution in [0.5, 0.6) is 17.2 Å². The molecule has 0 saturated carbocycles. The number of carbonyl (C=O) groups is 1. The van der Waals surface area contributed by atoms with E-state index in [1.54, 1.807) is 29.2 Å². The maximum absolute atomic E-state index is 13.1. The van der Waals surface area contributed by atoms with Gasteiger partial charge in [-0.3, -0.25) is 0 Å². The number of urea groups is 1. The molecule has 26 heavy (non-hydrogen) atoms. The lowest BCUT2D eigenvalue weighted by Gasteiger charge is -2.41. The lowest BCUT2D eigenvalue weighted by Crippen LogP contribution is -2.47. The van der Waals surface area contributed by atoms with Crippen LogP contribution >= 0.6 is 0 Å². The van der Waals surface area contributed by atoms with Crippen LogP contribution in [-0.4, -0.2) is 38.8 Å². The fourth-order valence-electron chi connectivity index (χ4n) is 3.01. The van der Waals surface area contributed by atoms with Crippen LogP contribution in [0.1, 0.15) is 18.0 Å². The molecule has 1 N–H and O–H groups in total. The average molecular weight is 360 g/mol. The van der Waals surface area contributed by atoms with E-state index >= 15 is 0 Å². The Labute approximate surface area is 151 Å². The van der Waals surface area contributed by atoms with Crippen LogP contribution in [0.4, 0.5) is 14.9 Å². The standard InChI is InChI=1S/C19H21FN2O4/c1-24-16-10-14(11-17(25-2)18(16)26-3)21-19(23)22-9-8-15(22)12-4-6-13(20)7-5-12/h4-7,10-11,15H,8-9H2,1-3H3,(H,21,23)/t15-/m1/s1. The van der Waals surface area contributed by atoms with Gasteiger partial charge in [0.1, 0.15) is 5.82 Å². The predicted octanol–water partition coefficient (Wildman–Crippen LogP) is 3.83. The molecular formula is C19H21FN2O4. The number of carbonyl (C=O) groups excluding carboxylic acids is 1. The summed E-state index contributed by atoms with van der Waals surface area (Å²) in [4.78, 5) is 14.3. The highest BCUT2D eigenvalue weighted by Gasteiger charge is 2.33. The molecule has 138 valence electrons. The zero-order valence-electron chi connectivity index (χ0n) is 14.9. The second-order valence-electron chi connectivity index (χ2n) is 5.89. The molecule has 2 aromatic carbocycles. The molecule has 0 radical (unpaired) electrons. The Kier molecular flexibility index (Phi) is 5.16. The van der Waals surface area contributed by atoms with Gasteiger partial charge in [0.05, 0.1) is 33.1 Å². The summed E-state index contributed by atoms with van der Waals surface area (Å²) in [5.41, 5.74) is 1.45. The highest BCUT2D eigenvalue weighted by molar-refractivity contribution is 5.91. The molecule has 2 amide bonds.